The van der Waals surface area contributed by atoms with Gasteiger partial charge in [0.15, 0.2) is 5.65 Å². The quantitative estimate of drug-likeness (QED) is 0.389. The minimum Gasteiger partial charge on any atom is -0.508 e. The number of piperazine rings is 1. The van der Waals surface area contributed by atoms with Gasteiger partial charge in [-0.3, -0.25) is 10.00 Å². The van der Waals surface area contributed by atoms with Crippen LogP contribution in [0, 0.1) is 12.7 Å². The summed E-state index contributed by atoms with van der Waals surface area (Å²) in [5.74, 6) is -0.108. The molecule has 3 N–H and O–H groups in total. The van der Waals surface area contributed by atoms with Gasteiger partial charge in [0, 0.05) is 54.9 Å². The Morgan fingerprint density at radius 3 is 2.68 bits per heavy atom. The Kier molecular flexibility index (Phi) is 6.06. The number of benzene rings is 2. The van der Waals surface area contributed by atoms with Gasteiger partial charge < -0.3 is 10.4 Å². The number of fused-ring (bicyclic) bond motifs is 1. The van der Waals surface area contributed by atoms with E-state index in [9.17, 15) is 9.50 Å². The third-order valence-corrected chi connectivity index (χ3v) is 6.73. The van der Waals surface area contributed by atoms with Crippen molar-refractivity contribution in [3.8, 4) is 17.0 Å². The average molecular weight is 460 g/mol. The molecule has 5 rings (SSSR count). The van der Waals surface area contributed by atoms with Gasteiger partial charge in [-0.1, -0.05) is 38.1 Å². The number of nitrogens with one attached hydrogen (secondary N) is 2. The summed E-state index contributed by atoms with van der Waals surface area (Å²) in [4.78, 5) is 7.09. The Hall–Kier alpha value is -3.29. The number of phenolic OH excluding ortho intramolecular Hbond substituents is 1. The SMILES string of the molecule is Cc1[nH]nc2nc(-c3ccc(O)cc3F)cc(CN3CCNC[C@H]3c3ccc(C(C)C)cc3)c12. The van der Waals surface area contributed by atoms with Crippen LogP contribution in [-0.4, -0.2) is 44.8 Å². The number of hydrogen-bond donors (Lipinski definition) is 3. The summed E-state index contributed by atoms with van der Waals surface area (Å²) in [5, 5.41) is 21.6. The summed E-state index contributed by atoms with van der Waals surface area (Å²) in [6, 6.07) is 15.3. The first-order chi connectivity index (χ1) is 16.4. The smallest absolute Gasteiger partial charge is 0.182 e. The molecule has 0 bridgehead atoms. The average Bonchev–Trinajstić information content (AvgIpc) is 3.20. The molecule has 1 aliphatic heterocycles. The highest BCUT2D eigenvalue weighted by Gasteiger charge is 2.26. The maximum Gasteiger partial charge on any atom is 0.182 e. The van der Waals surface area contributed by atoms with Crippen LogP contribution in [0.1, 0.15) is 48.2 Å². The first kappa shape index (κ1) is 22.5. The van der Waals surface area contributed by atoms with Gasteiger partial charge in [-0.2, -0.15) is 5.10 Å². The molecule has 7 heteroatoms. The third-order valence-electron chi connectivity index (χ3n) is 6.73. The standard InChI is InChI=1S/C27H30FN5O/c1-16(2)18-4-6-19(7-5-18)25-14-29-10-11-33(25)15-20-12-24(22-9-8-21(34)13-23(22)28)30-27-26(20)17(3)31-32-27/h4-9,12-13,16,25,29,34H,10-11,14-15H2,1-3H3,(H,30,31,32)/t25-/m0/s1. The summed E-state index contributed by atoms with van der Waals surface area (Å²) in [6.07, 6.45) is 0. The number of pyridine rings is 1. The zero-order chi connectivity index (χ0) is 23.8. The number of rotatable bonds is 5. The Labute approximate surface area is 198 Å². The molecule has 34 heavy (non-hydrogen) atoms. The van der Waals surface area contributed by atoms with Gasteiger partial charge in [0.2, 0.25) is 0 Å². The van der Waals surface area contributed by atoms with E-state index >= 15 is 0 Å². The molecule has 176 valence electrons. The van der Waals surface area contributed by atoms with Crippen molar-refractivity contribution in [2.24, 2.45) is 0 Å². The lowest BCUT2D eigenvalue weighted by molar-refractivity contribution is 0.154. The van der Waals surface area contributed by atoms with Crippen LogP contribution in [-0.2, 0) is 6.54 Å². The molecule has 6 nitrogen and oxygen atoms in total. The largest absolute Gasteiger partial charge is 0.508 e. The number of aryl methyl sites for hydroxylation is 1. The molecule has 2 aromatic carbocycles. The van der Waals surface area contributed by atoms with Crippen molar-refractivity contribution < 1.29 is 9.50 Å². The van der Waals surface area contributed by atoms with Crippen molar-refractivity contribution in [3.63, 3.8) is 0 Å². The van der Waals surface area contributed by atoms with Crippen LogP contribution < -0.4 is 5.32 Å². The molecule has 0 radical (unpaired) electrons. The van der Waals surface area contributed by atoms with E-state index < -0.39 is 5.82 Å². The first-order valence-corrected chi connectivity index (χ1v) is 11.8. The fourth-order valence-electron chi connectivity index (χ4n) is 4.83. The van der Waals surface area contributed by atoms with E-state index in [-0.39, 0.29) is 11.8 Å². The maximum absolute atomic E-state index is 14.7. The lowest BCUT2D eigenvalue weighted by Gasteiger charge is -2.37. The Bertz CT molecular complexity index is 1310. The number of halogens is 1. The normalized spacial score (nSPS) is 17.0. The Morgan fingerprint density at radius 2 is 1.94 bits per heavy atom. The van der Waals surface area contributed by atoms with Crippen molar-refractivity contribution in [2.75, 3.05) is 19.6 Å². The molecule has 2 aromatic heterocycles. The molecule has 0 aliphatic carbocycles. The van der Waals surface area contributed by atoms with Crippen LogP contribution in [0.3, 0.4) is 0 Å². The Balaban J connectivity index is 1.53. The molecular formula is C27H30FN5O. The van der Waals surface area contributed by atoms with Gasteiger partial charge >= 0.3 is 0 Å². The number of H-pyrrole nitrogens is 1. The molecular weight excluding hydrogens is 429 g/mol. The van der Waals surface area contributed by atoms with Gasteiger partial charge in [0.25, 0.3) is 0 Å². The molecule has 1 aliphatic rings. The number of hydrogen-bond acceptors (Lipinski definition) is 5. The number of aromatic amines is 1. The highest BCUT2D eigenvalue weighted by atomic mass is 19.1. The van der Waals surface area contributed by atoms with Crippen LogP contribution in [0.2, 0.25) is 0 Å². The lowest BCUT2D eigenvalue weighted by atomic mass is 9.96. The van der Waals surface area contributed by atoms with E-state index in [4.69, 9.17) is 0 Å². The van der Waals surface area contributed by atoms with Crippen LogP contribution in [0.5, 0.6) is 5.75 Å². The first-order valence-electron chi connectivity index (χ1n) is 11.8. The second-order valence-corrected chi connectivity index (χ2v) is 9.39. The summed E-state index contributed by atoms with van der Waals surface area (Å²) in [5.41, 5.74) is 6.07. The molecule has 0 spiro atoms. The zero-order valence-electron chi connectivity index (χ0n) is 19.8. The van der Waals surface area contributed by atoms with Crippen LogP contribution in [0.4, 0.5) is 4.39 Å². The van der Waals surface area contributed by atoms with E-state index in [1.165, 1.54) is 17.2 Å². The topological polar surface area (TPSA) is 77.1 Å². The monoisotopic (exact) mass is 459 g/mol. The van der Waals surface area contributed by atoms with Crippen LogP contribution >= 0.6 is 0 Å². The van der Waals surface area contributed by atoms with Gasteiger partial charge in [-0.15, -0.1) is 0 Å². The van der Waals surface area contributed by atoms with Crippen molar-refractivity contribution >= 4 is 11.0 Å². The predicted octanol–water partition coefficient (Wildman–Crippen LogP) is 5.05. The van der Waals surface area contributed by atoms with E-state index in [1.54, 1.807) is 6.07 Å². The van der Waals surface area contributed by atoms with Crippen molar-refractivity contribution in [2.45, 2.75) is 39.3 Å². The molecule has 0 unspecified atom stereocenters. The zero-order valence-corrected chi connectivity index (χ0v) is 19.8. The van der Waals surface area contributed by atoms with Gasteiger partial charge in [-0.05, 0) is 47.7 Å². The van der Waals surface area contributed by atoms with E-state index in [2.05, 4.69) is 63.5 Å². The van der Waals surface area contributed by atoms with Crippen LogP contribution in [0.15, 0.2) is 48.5 Å². The summed E-state index contributed by atoms with van der Waals surface area (Å²) in [7, 11) is 0. The Morgan fingerprint density at radius 1 is 1.15 bits per heavy atom. The maximum atomic E-state index is 14.7. The molecule has 3 heterocycles. The van der Waals surface area contributed by atoms with Gasteiger partial charge in [-0.25, -0.2) is 9.37 Å². The molecule has 4 aromatic rings. The molecule has 0 amide bonds. The minimum absolute atomic E-state index is 0.106. The molecule has 0 saturated carbocycles. The number of nitrogens with zero attached hydrogens (tertiary/aromatic N) is 3. The predicted molar refractivity (Wildman–Crippen MR) is 132 cm³/mol. The van der Waals surface area contributed by atoms with E-state index in [1.807, 2.05) is 13.0 Å². The summed E-state index contributed by atoms with van der Waals surface area (Å²) >= 11 is 0. The van der Waals surface area contributed by atoms with Gasteiger partial charge in [0.1, 0.15) is 11.6 Å². The lowest BCUT2D eigenvalue weighted by Crippen LogP contribution is -2.45. The summed E-state index contributed by atoms with van der Waals surface area (Å²) in [6.45, 7) is 9.79. The number of phenols is 1. The summed E-state index contributed by atoms with van der Waals surface area (Å²) < 4.78 is 14.7. The van der Waals surface area contributed by atoms with Crippen molar-refractivity contribution in [1.29, 1.82) is 0 Å². The molecule has 1 atom stereocenters. The van der Waals surface area contributed by atoms with Gasteiger partial charge in [0.05, 0.1) is 5.69 Å². The van der Waals surface area contributed by atoms with E-state index in [0.29, 0.717) is 29.4 Å². The second-order valence-electron chi connectivity index (χ2n) is 9.39. The fourth-order valence-corrected chi connectivity index (χ4v) is 4.83. The second kappa shape index (κ2) is 9.16. The highest BCUT2D eigenvalue weighted by Crippen LogP contribution is 2.32. The number of aromatic nitrogens is 3. The van der Waals surface area contributed by atoms with Crippen LogP contribution in [0.25, 0.3) is 22.3 Å². The molecule has 1 fully saturated rings. The molecule has 1 saturated heterocycles. The van der Waals surface area contributed by atoms with E-state index in [0.717, 1.165) is 42.3 Å². The minimum atomic E-state index is -0.504. The number of aromatic hydroxyl groups is 1. The fraction of sp³-hybridized carbons (Fsp3) is 0.333. The highest BCUT2D eigenvalue weighted by molar-refractivity contribution is 5.84. The van der Waals surface area contributed by atoms with Crippen molar-refractivity contribution in [3.05, 3.63) is 76.7 Å². The third kappa shape index (κ3) is 4.29. The van der Waals surface area contributed by atoms with Crippen molar-refractivity contribution in [1.82, 2.24) is 25.4 Å².